The maximum absolute atomic E-state index is 12.8. The normalized spacial score (nSPS) is 14.5. The van der Waals surface area contributed by atoms with Crippen LogP contribution < -0.4 is 5.32 Å². The number of carboxylic acids is 1. The molecule has 1 amide bonds. The van der Waals surface area contributed by atoms with E-state index in [1.54, 1.807) is 20.8 Å². The van der Waals surface area contributed by atoms with Gasteiger partial charge < -0.3 is 20.3 Å². The minimum absolute atomic E-state index is 0.0681. The Kier molecular flexibility index (Phi) is 8.04. The number of hydrogen-bond acceptors (Lipinski definition) is 4. The van der Waals surface area contributed by atoms with Gasteiger partial charge in [-0.3, -0.25) is 0 Å². The number of halogens is 3. The van der Waals surface area contributed by atoms with Crippen LogP contribution in [0.15, 0.2) is 36.4 Å². The SMILES string of the molecule is CC(C)(C)OC(=O)N[C@H](CO)[C@@H](C/C=C/C(=O)O)c1ccc(C(F)(F)F)cc1. The molecule has 2 atom stereocenters. The number of hydrogen-bond donors (Lipinski definition) is 3. The van der Waals surface area contributed by atoms with Gasteiger partial charge in [0.05, 0.1) is 18.2 Å². The van der Waals surface area contributed by atoms with Crippen LogP contribution in [0.3, 0.4) is 0 Å². The zero-order valence-electron chi connectivity index (χ0n) is 15.8. The number of amides is 1. The van der Waals surface area contributed by atoms with E-state index in [9.17, 15) is 27.9 Å². The molecule has 0 aromatic heterocycles. The third-order valence-electron chi connectivity index (χ3n) is 3.70. The van der Waals surface area contributed by atoms with Gasteiger partial charge in [0.2, 0.25) is 0 Å². The van der Waals surface area contributed by atoms with Crippen molar-refractivity contribution in [3.63, 3.8) is 0 Å². The Bertz CT molecular complexity index is 693. The van der Waals surface area contributed by atoms with E-state index in [1.807, 2.05) is 0 Å². The van der Waals surface area contributed by atoms with E-state index >= 15 is 0 Å². The quantitative estimate of drug-likeness (QED) is 0.604. The standard InChI is InChI=1S/C19H24F3NO5/c1-18(2,3)28-17(27)23-15(11-24)14(5-4-6-16(25)26)12-7-9-13(10-8-12)19(20,21)22/h4,6-10,14-15,24H,5,11H2,1-3H3,(H,23,27)(H,25,26)/b6-4+/t14-,15+/m0/s1. The summed E-state index contributed by atoms with van der Waals surface area (Å²) >= 11 is 0. The Hall–Kier alpha value is -2.55. The number of benzene rings is 1. The minimum Gasteiger partial charge on any atom is -0.478 e. The highest BCUT2D eigenvalue weighted by Gasteiger charge is 2.31. The average molecular weight is 403 g/mol. The maximum Gasteiger partial charge on any atom is 0.416 e. The second-order valence-corrected chi connectivity index (χ2v) is 7.14. The summed E-state index contributed by atoms with van der Waals surface area (Å²) in [6, 6.07) is 3.37. The highest BCUT2D eigenvalue weighted by Crippen LogP contribution is 2.32. The second-order valence-electron chi connectivity index (χ2n) is 7.14. The lowest BCUT2D eigenvalue weighted by molar-refractivity contribution is -0.137. The van der Waals surface area contributed by atoms with Crippen LogP contribution in [0.4, 0.5) is 18.0 Å². The first-order chi connectivity index (χ1) is 12.8. The first kappa shape index (κ1) is 23.5. The van der Waals surface area contributed by atoms with Crippen molar-refractivity contribution in [2.45, 2.75) is 50.9 Å². The topological polar surface area (TPSA) is 95.9 Å². The number of allylic oxidation sites excluding steroid dienone is 1. The lowest BCUT2D eigenvalue weighted by Crippen LogP contribution is -2.44. The molecule has 9 heteroatoms. The summed E-state index contributed by atoms with van der Waals surface area (Å²) in [7, 11) is 0. The summed E-state index contributed by atoms with van der Waals surface area (Å²) < 4.78 is 43.5. The molecule has 0 saturated heterocycles. The average Bonchev–Trinajstić information content (AvgIpc) is 2.54. The maximum atomic E-state index is 12.8. The first-order valence-electron chi connectivity index (χ1n) is 8.50. The van der Waals surface area contributed by atoms with Crippen molar-refractivity contribution in [3.8, 4) is 0 Å². The molecule has 0 radical (unpaired) electrons. The van der Waals surface area contributed by atoms with Gasteiger partial charge in [0.25, 0.3) is 0 Å². The van der Waals surface area contributed by atoms with E-state index < -0.39 is 48.0 Å². The summed E-state index contributed by atoms with van der Waals surface area (Å²) in [5, 5.41) is 20.9. The summed E-state index contributed by atoms with van der Waals surface area (Å²) in [5.41, 5.74) is -1.22. The van der Waals surface area contributed by atoms with E-state index in [-0.39, 0.29) is 6.42 Å². The Balaban J connectivity index is 3.11. The number of aliphatic carboxylic acids is 1. The second kappa shape index (κ2) is 9.59. The van der Waals surface area contributed by atoms with Crippen LogP contribution in [0.25, 0.3) is 0 Å². The Labute approximate surface area is 161 Å². The number of carbonyl (C=O) groups is 2. The molecule has 0 saturated carbocycles. The van der Waals surface area contributed by atoms with Crippen molar-refractivity contribution in [1.29, 1.82) is 0 Å². The molecule has 3 N–H and O–H groups in total. The number of rotatable bonds is 7. The fraction of sp³-hybridized carbons (Fsp3) is 0.474. The summed E-state index contributed by atoms with van der Waals surface area (Å²) in [6.45, 7) is 4.45. The van der Waals surface area contributed by atoms with Crippen LogP contribution in [0.1, 0.15) is 44.2 Å². The molecule has 1 aromatic carbocycles. The van der Waals surface area contributed by atoms with Crippen molar-refractivity contribution < 1.29 is 37.7 Å². The highest BCUT2D eigenvalue weighted by atomic mass is 19.4. The van der Waals surface area contributed by atoms with Gasteiger partial charge in [-0.15, -0.1) is 0 Å². The van der Waals surface area contributed by atoms with Gasteiger partial charge >= 0.3 is 18.2 Å². The highest BCUT2D eigenvalue weighted by molar-refractivity contribution is 5.79. The molecule has 6 nitrogen and oxygen atoms in total. The number of alkyl halides is 3. The minimum atomic E-state index is -4.50. The monoisotopic (exact) mass is 403 g/mol. The van der Waals surface area contributed by atoms with Crippen molar-refractivity contribution in [3.05, 3.63) is 47.5 Å². The van der Waals surface area contributed by atoms with Crippen molar-refractivity contribution >= 4 is 12.1 Å². The zero-order valence-corrected chi connectivity index (χ0v) is 15.8. The summed E-state index contributed by atoms with van der Waals surface area (Å²) in [4.78, 5) is 22.7. The summed E-state index contributed by atoms with van der Waals surface area (Å²) in [5.74, 6) is -1.86. The third-order valence-corrected chi connectivity index (χ3v) is 3.70. The summed E-state index contributed by atoms with van der Waals surface area (Å²) in [6.07, 6.45) is -3.03. The lowest BCUT2D eigenvalue weighted by Gasteiger charge is -2.28. The molecule has 1 aromatic rings. The Morgan fingerprint density at radius 2 is 1.75 bits per heavy atom. The van der Waals surface area contributed by atoms with E-state index in [0.717, 1.165) is 18.2 Å². The van der Waals surface area contributed by atoms with Gasteiger partial charge in [-0.25, -0.2) is 9.59 Å². The van der Waals surface area contributed by atoms with Crippen LogP contribution in [0.2, 0.25) is 0 Å². The molecule has 0 aliphatic rings. The fourth-order valence-corrected chi connectivity index (χ4v) is 2.50. The van der Waals surface area contributed by atoms with Crippen molar-refractivity contribution in [2.75, 3.05) is 6.61 Å². The molecule has 0 spiro atoms. The van der Waals surface area contributed by atoms with E-state index in [0.29, 0.717) is 5.56 Å². The molecular weight excluding hydrogens is 379 g/mol. The molecule has 0 fully saturated rings. The molecule has 28 heavy (non-hydrogen) atoms. The zero-order chi connectivity index (χ0) is 21.5. The lowest BCUT2D eigenvalue weighted by atomic mass is 9.88. The van der Waals surface area contributed by atoms with E-state index in [2.05, 4.69) is 5.32 Å². The molecule has 0 bridgehead atoms. The van der Waals surface area contributed by atoms with Crippen LogP contribution in [0, 0.1) is 0 Å². The van der Waals surface area contributed by atoms with E-state index in [1.165, 1.54) is 18.2 Å². The molecule has 156 valence electrons. The number of ether oxygens (including phenoxy) is 1. The number of carboxylic acid groups (broad SMARTS) is 1. The van der Waals surface area contributed by atoms with Crippen molar-refractivity contribution in [2.24, 2.45) is 0 Å². The van der Waals surface area contributed by atoms with Crippen LogP contribution >= 0.6 is 0 Å². The number of nitrogens with one attached hydrogen (secondary N) is 1. The van der Waals surface area contributed by atoms with Gasteiger partial charge in [-0.1, -0.05) is 18.2 Å². The molecular formula is C19H24F3NO5. The molecule has 1 rings (SSSR count). The van der Waals surface area contributed by atoms with Crippen LogP contribution in [-0.2, 0) is 15.7 Å². The number of carbonyl (C=O) groups excluding carboxylic acids is 1. The Morgan fingerprint density at radius 3 is 2.18 bits per heavy atom. The smallest absolute Gasteiger partial charge is 0.416 e. The van der Waals surface area contributed by atoms with Gasteiger partial charge in [0, 0.05) is 12.0 Å². The Morgan fingerprint density at radius 1 is 1.18 bits per heavy atom. The number of alkyl carbamates (subject to hydrolysis) is 1. The number of aliphatic hydroxyl groups excluding tert-OH is 1. The third kappa shape index (κ3) is 7.99. The predicted octanol–water partition coefficient (Wildman–Crippen LogP) is 3.71. The fourth-order valence-electron chi connectivity index (χ4n) is 2.50. The van der Waals surface area contributed by atoms with Crippen LogP contribution in [0.5, 0.6) is 0 Å². The molecule has 0 unspecified atom stereocenters. The molecule has 0 aliphatic carbocycles. The van der Waals surface area contributed by atoms with Crippen molar-refractivity contribution in [1.82, 2.24) is 5.32 Å². The first-order valence-corrected chi connectivity index (χ1v) is 8.50. The van der Waals surface area contributed by atoms with Crippen LogP contribution in [-0.4, -0.2) is 40.5 Å². The van der Waals surface area contributed by atoms with Gasteiger partial charge in [0.15, 0.2) is 0 Å². The largest absolute Gasteiger partial charge is 0.478 e. The van der Waals surface area contributed by atoms with Gasteiger partial charge in [0.1, 0.15) is 5.60 Å². The van der Waals surface area contributed by atoms with Gasteiger partial charge in [-0.05, 0) is 44.9 Å². The molecule has 0 aliphatic heterocycles. The van der Waals surface area contributed by atoms with E-state index in [4.69, 9.17) is 9.84 Å². The van der Waals surface area contributed by atoms with Gasteiger partial charge in [-0.2, -0.15) is 13.2 Å². The predicted molar refractivity (Wildman–Crippen MR) is 95.8 cm³/mol. The number of aliphatic hydroxyl groups is 1. The molecule has 0 heterocycles.